The van der Waals surface area contributed by atoms with E-state index in [1.165, 1.54) is 12.5 Å². The quantitative estimate of drug-likeness (QED) is 0.838. The lowest BCUT2D eigenvalue weighted by molar-refractivity contribution is 0.0691. The molecule has 0 atom stereocenters. The van der Waals surface area contributed by atoms with Gasteiger partial charge in [-0.25, -0.2) is 9.78 Å². The van der Waals surface area contributed by atoms with Crippen molar-refractivity contribution in [1.29, 1.82) is 0 Å². The molecule has 0 saturated heterocycles. The van der Waals surface area contributed by atoms with Crippen LogP contribution in [0.3, 0.4) is 0 Å². The first-order valence-corrected chi connectivity index (χ1v) is 5.68. The van der Waals surface area contributed by atoms with Crippen LogP contribution >= 0.6 is 0 Å². The lowest BCUT2D eigenvalue weighted by Crippen LogP contribution is -1.96. The summed E-state index contributed by atoms with van der Waals surface area (Å²) in [6.45, 7) is 0.165. The fourth-order valence-corrected chi connectivity index (χ4v) is 1.73. The number of rotatable bonds is 5. The predicted molar refractivity (Wildman–Crippen MR) is 65.9 cm³/mol. The number of carbonyl (C=O) groups is 1. The number of imidazole rings is 1. The number of nitrogens with zero attached hydrogens (tertiary/aromatic N) is 2. The number of carboxylic acids is 1. The van der Waals surface area contributed by atoms with Crippen LogP contribution in [0.5, 0.6) is 0 Å². The maximum Gasteiger partial charge on any atom is 0.356 e. The largest absolute Gasteiger partial charge is 0.476 e. The SMILES string of the molecule is O=C(O)c1cn(-c2cccc(CCCO)c2)cn1. The van der Waals surface area contributed by atoms with Crippen LogP contribution in [0, 0.1) is 0 Å². The number of aromatic nitrogens is 2. The molecule has 1 aromatic heterocycles. The summed E-state index contributed by atoms with van der Waals surface area (Å²) in [5, 5.41) is 17.6. The highest BCUT2D eigenvalue weighted by atomic mass is 16.4. The van der Waals surface area contributed by atoms with Crippen LogP contribution in [0.4, 0.5) is 0 Å². The number of hydrogen-bond acceptors (Lipinski definition) is 3. The van der Waals surface area contributed by atoms with E-state index < -0.39 is 5.97 Å². The van der Waals surface area contributed by atoms with Crippen LogP contribution < -0.4 is 0 Å². The highest BCUT2D eigenvalue weighted by Crippen LogP contribution is 2.12. The third-order valence-corrected chi connectivity index (χ3v) is 2.63. The molecule has 2 aromatic rings. The lowest BCUT2D eigenvalue weighted by Gasteiger charge is -2.05. The van der Waals surface area contributed by atoms with Gasteiger partial charge in [-0.15, -0.1) is 0 Å². The van der Waals surface area contributed by atoms with E-state index in [9.17, 15) is 4.79 Å². The van der Waals surface area contributed by atoms with Crippen molar-refractivity contribution in [3.05, 3.63) is 48.0 Å². The lowest BCUT2D eigenvalue weighted by atomic mass is 10.1. The Morgan fingerprint density at radius 2 is 2.22 bits per heavy atom. The van der Waals surface area contributed by atoms with Crippen LogP contribution in [-0.4, -0.2) is 32.3 Å². The van der Waals surface area contributed by atoms with Gasteiger partial charge in [0.2, 0.25) is 0 Å². The van der Waals surface area contributed by atoms with Gasteiger partial charge in [0, 0.05) is 18.5 Å². The molecule has 1 aromatic carbocycles. The number of benzene rings is 1. The van der Waals surface area contributed by atoms with Crippen molar-refractivity contribution in [2.75, 3.05) is 6.61 Å². The minimum atomic E-state index is -1.04. The molecule has 0 aliphatic heterocycles. The molecular weight excluding hydrogens is 232 g/mol. The van der Waals surface area contributed by atoms with E-state index in [0.717, 1.165) is 17.7 Å². The summed E-state index contributed by atoms with van der Waals surface area (Å²) in [5.74, 6) is -1.04. The molecule has 0 aliphatic rings. The summed E-state index contributed by atoms with van der Waals surface area (Å²) in [7, 11) is 0. The second kappa shape index (κ2) is 5.46. The molecule has 2 rings (SSSR count). The number of carboxylic acid groups (broad SMARTS) is 1. The molecule has 5 heteroatoms. The van der Waals surface area contributed by atoms with Crippen molar-refractivity contribution in [2.45, 2.75) is 12.8 Å². The van der Waals surface area contributed by atoms with Crippen LogP contribution in [0.2, 0.25) is 0 Å². The Kier molecular flexibility index (Phi) is 3.74. The maximum absolute atomic E-state index is 10.8. The first-order valence-electron chi connectivity index (χ1n) is 5.68. The van der Waals surface area contributed by atoms with Gasteiger partial charge in [0.15, 0.2) is 5.69 Å². The topological polar surface area (TPSA) is 75.3 Å². The van der Waals surface area contributed by atoms with E-state index in [1.54, 1.807) is 4.57 Å². The molecule has 0 saturated carbocycles. The molecule has 0 unspecified atom stereocenters. The highest BCUT2D eigenvalue weighted by molar-refractivity contribution is 5.85. The van der Waals surface area contributed by atoms with E-state index in [2.05, 4.69) is 4.98 Å². The molecule has 0 aliphatic carbocycles. The summed E-state index contributed by atoms with van der Waals surface area (Å²) in [4.78, 5) is 14.6. The third-order valence-electron chi connectivity index (χ3n) is 2.63. The van der Waals surface area contributed by atoms with Crippen LogP contribution in [0.15, 0.2) is 36.8 Å². The van der Waals surface area contributed by atoms with Crippen molar-refractivity contribution in [3.8, 4) is 5.69 Å². The Bertz CT molecular complexity index is 549. The van der Waals surface area contributed by atoms with E-state index in [0.29, 0.717) is 6.42 Å². The molecule has 94 valence electrons. The van der Waals surface area contributed by atoms with Crippen molar-refractivity contribution >= 4 is 5.97 Å². The Morgan fingerprint density at radius 1 is 1.39 bits per heavy atom. The Labute approximate surface area is 104 Å². The maximum atomic E-state index is 10.8. The van der Waals surface area contributed by atoms with E-state index in [-0.39, 0.29) is 12.3 Å². The van der Waals surface area contributed by atoms with Gasteiger partial charge >= 0.3 is 5.97 Å². The molecule has 0 amide bonds. The first-order chi connectivity index (χ1) is 8.70. The second-order valence-corrected chi connectivity index (χ2v) is 3.97. The van der Waals surface area contributed by atoms with E-state index in [4.69, 9.17) is 10.2 Å². The van der Waals surface area contributed by atoms with Crippen molar-refractivity contribution < 1.29 is 15.0 Å². The third kappa shape index (κ3) is 2.75. The summed E-state index contributed by atoms with van der Waals surface area (Å²) >= 11 is 0. The number of aliphatic hydroxyl groups excluding tert-OH is 1. The second-order valence-electron chi connectivity index (χ2n) is 3.97. The summed E-state index contributed by atoms with van der Waals surface area (Å²) in [6.07, 6.45) is 4.47. The Hall–Kier alpha value is -2.14. The molecule has 0 fully saturated rings. The summed E-state index contributed by atoms with van der Waals surface area (Å²) in [6, 6.07) is 7.73. The summed E-state index contributed by atoms with van der Waals surface area (Å²) < 4.78 is 1.67. The molecule has 0 radical (unpaired) electrons. The van der Waals surface area contributed by atoms with Crippen molar-refractivity contribution in [3.63, 3.8) is 0 Å². The highest BCUT2D eigenvalue weighted by Gasteiger charge is 2.07. The normalized spacial score (nSPS) is 10.5. The number of aliphatic hydroxyl groups is 1. The average molecular weight is 246 g/mol. The van der Waals surface area contributed by atoms with Gasteiger partial charge in [-0.3, -0.25) is 0 Å². The van der Waals surface area contributed by atoms with Gasteiger partial charge in [-0.1, -0.05) is 12.1 Å². The molecule has 5 nitrogen and oxygen atoms in total. The van der Waals surface area contributed by atoms with Gasteiger partial charge in [-0.2, -0.15) is 0 Å². The molecular formula is C13H14N2O3. The monoisotopic (exact) mass is 246 g/mol. The first kappa shape index (κ1) is 12.3. The van der Waals surface area contributed by atoms with E-state index in [1.807, 2.05) is 24.3 Å². The molecule has 2 N–H and O–H groups in total. The van der Waals surface area contributed by atoms with Gasteiger partial charge in [-0.05, 0) is 30.5 Å². The minimum absolute atomic E-state index is 0.0239. The fourth-order valence-electron chi connectivity index (χ4n) is 1.73. The molecule has 1 heterocycles. The van der Waals surface area contributed by atoms with Crippen molar-refractivity contribution in [1.82, 2.24) is 9.55 Å². The molecule has 0 spiro atoms. The van der Waals surface area contributed by atoms with Crippen molar-refractivity contribution in [2.24, 2.45) is 0 Å². The van der Waals surface area contributed by atoms with Gasteiger partial charge in [0.05, 0.1) is 0 Å². The fraction of sp³-hybridized carbons (Fsp3) is 0.231. The minimum Gasteiger partial charge on any atom is -0.476 e. The van der Waals surface area contributed by atoms with Gasteiger partial charge < -0.3 is 14.8 Å². The number of aryl methyl sites for hydroxylation is 1. The Morgan fingerprint density at radius 3 is 2.89 bits per heavy atom. The predicted octanol–water partition coefficient (Wildman–Crippen LogP) is 1.50. The van der Waals surface area contributed by atoms with Gasteiger partial charge in [0.1, 0.15) is 6.33 Å². The Balaban J connectivity index is 2.23. The van der Waals surface area contributed by atoms with Crippen LogP contribution in [0.25, 0.3) is 5.69 Å². The average Bonchev–Trinajstić information content (AvgIpc) is 2.86. The summed E-state index contributed by atoms with van der Waals surface area (Å²) in [5.41, 5.74) is 1.99. The standard InChI is InChI=1S/C13H14N2O3/c16-6-2-4-10-3-1-5-11(7-10)15-8-12(13(17)18)14-9-15/h1,3,5,7-9,16H,2,4,6H2,(H,17,18). The number of hydrogen-bond donors (Lipinski definition) is 2. The van der Waals surface area contributed by atoms with Crippen LogP contribution in [0.1, 0.15) is 22.5 Å². The molecule has 18 heavy (non-hydrogen) atoms. The smallest absolute Gasteiger partial charge is 0.356 e. The molecule has 0 bridgehead atoms. The van der Waals surface area contributed by atoms with Gasteiger partial charge in [0.25, 0.3) is 0 Å². The zero-order valence-corrected chi connectivity index (χ0v) is 9.78. The van der Waals surface area contributed by atoms with E-state index >= 15 is 0 Å². The zero-order valence-electron chi connectivity index (χ0n) is 9.78. The van der Waals surface area contributed by atoms with Crippen LogP contribution in [-0.2, 0) is 6.42 Å². The number of aromatic carboxylic acids is 1. The zero-order chi connectivity index (χ0) is 13.0.